The van der Waals surface area contributed by atoms with Crippen molar-refractivity contribution < 1.29 is 30.0 Å². The Morgan fingerprint density at radius 2 is 1.77 bits per heavy atom. The van der Waals surface area contributed by atoms with E-state index in [-0.39, 0.29) is 38.2 Å². The third-order valence-corrected chi connectivity index (χ3v) is 2.41. The molecule has 0 saturated carbocycles. The minimum absolute atomic E-state index is 0.0569. The third kappa shape index (κ3) is 11.0. The molecule has 0 aromatic carbocycles. The second kappa shape index (κ2) is 11.9. The maximum atomic E-state index is 11.0. The standard InChI is InChI=1S/C8H15NO3.C6H11NO3/c1-6(2)7(12)9-8(3,4-10)5-11;1-2-6(10)7-3-5(9)4-8/h10-11H,1,4-5H2,2-3H3,(H,9,12);2,5,8-9H,1,3-4H2,(H,7,10). The lowest BCUT2D eigenvalue weighted by Gasteiger charge is -2.26. The Morgan fingerprint density at radius 1 is 1.27 bits per heavy atom. The van der Waals surface area contributed by atoms with Gasteiger partial charge in [0.2, 0.25) is 11.8 Å². The fourth-order valence-electron chi connectivity index (χ4n) is 0.865. The van der Waals surface area contributed by atoms with Crippen molar-refractivity contribution in [2.24, 2.45) is 0 Å². The minimum atomic E-state index is -0.962. The molecule has 22 heavy (non-hydrogen) atoms. The SMILES string of the molecule is C=C(C)C(=O)NC(C)(CO)CO.C=CC(=O)NCC(O)CO. The number of carbonyl (C=O) groups excluding carboxylic acids is 2. The lowest BCUT2D eigenvalue weighted by molar-refractivity contribution is -0.120. The van der Waals surface area contributed by atoms with E-state index >= 15 is 0 Å². The van der Waals surface area contributed by atoms with E-state index in [1.165, 1.54) is 0 Å². The molecule has 128 valence electrons. The highest BCUT2D eigenvalue weighted by Gasteiger charge is 2.24. The molecule has 0 rings (SSSR count). The summed E-state index contributed by atoms with van der Waals surface area (Å²) in [7, 11) is 0. The molecule has 0 radical (unpaired) electrons. The summed E-state index contributed by atoms with van der Waals surface area (Å²) in [6.07, 6.45) is 0.216. The Kier molecular flexibility index (Phi) is 12.2. The van der Waals surface area contributed by atoms with Gasteiger partial charge in [-0.25, -0.2) is 0 Å². The van der Waals surface area contributed by atoms with Crippen molar-refractivity contribution in [1.29, 1.82) is 0 Å². The molecule has 2 amide bonds. The van der Waals surface area contributed by atoms with Gasteiger partial charge in [-0.15, -0.1) is 0 Å². The van der Waals surface area contributed by atoms with Crippen LogP contribution < -0.4 is 10.6 Å². The summed E-state index contributed by atoms with van der Waals surface area (Å²) < 4.78 is 0. The van der Waals surface area contributed by atoms with Crippen molar-refractivity contribution in [3.8, 4) is 0 Å². The van der Waals surface area contributed by atoms with Crippen LogP contribution in [0.1, 0.15) is 13.8 Å². The molecule has 0 aromatic rings. The molecule has 0 aliphatic carbocycles. The Morgan fingerprint density at radius 3 is 2.09 bits per heavy atom. The molecule has 6 N–H and O–H groups in total. The van der Waals surface area contributed by atoms with E-state index in [2.05, 4.69) is 23.8 Å². The van der Waals surface area contributed by atoms with Gasteiger partial charge in [0.1, 0.15) is 0 Å². The first-order chi connectivity index (χ1) is 10.2. The molecule has 0 bridgehead atoms. The number of nitrogens with one attached hydrogen (secondary N) is 2. The lowest BCUT2D eigenvalue weighted by Crippen LogP contribution is -2.51. The number of hydrogen-bond acceptors (Lipinski definition) is 6. The van der Waals surface area contributed by atoms with Crippen LogP contribution in [0.25, 0.3) is 0 Å². The van der Waals surface area contributed by atoms with Crippen molar-refractivity contribution >= 4 is 11.8 Å². The summed E-state index contributed by atoms with van der Waals surface area (Å²) in [5, 5.41) is 39.4. The van der Waals surface area contributed by atoms with Gasteiger partial charge in [-0.3, -0.25) is 9.59 Å². The van der Waals surface area contributed by atoms with Gasteiger partial charge in [0.15, 0.2) is 0 Å². The topological polar surface area (TPSA) is 139 Å². The van der Waals surface area contributed by atoms with Crippen LogP contribution in [0, 0.1) is 0 Å². The van der Waals surface area contributed by atoms with Gasteiger partial charge in [0.05, 0.1) is 31.5 Å². The zero-order chi connectivity index (χ0) is 17.8. The van der Waals surface area contributed by atoms with Crippen LogP contribution in [-0.4, -0.2) is 70.2 Å². The Hall–Kier alpha value is -1.74. The Balaban J connectivity index is 0. The molecule has 0 fully saturated rings. The van der Waals surface area contributed by atoms with E-state index in [0.29, 0.717) is 5.57 Å². The van der Waals surface area contributed by atoms with E-state index in [0.717, 1.165) is 6.08 Å². The molecule has 1 atom stereocenters. The zero-order valence-corrected chi connectivity index (χ0v) is 13.0. The average Bonchev–Trinajstić information content (AvgIpc) is 2.52. The lowest BCUT2D eigenvalue weighted by atomic mass is 10.1. The average molecular weight is 318 g/mol. The van der Waals surface area contributed by atoms with Gasteiger partial charge in [-0.05, 0) is 19.9 Å². The summed E-state index contributed by atoms with van der Waals surface area (Å²) in [6, 6.07) is 0. The highest BCUT2D eigenvalue weighted by molar-refractivity contribution is 5.92. The zero-order valence-electron chi connectivity index (χ0n) is 13.0. The smallest absolute Gasteiger partial charge is 0.246 e. The summed E-state index contributed by atoms with van der Waals surface area (Å²) in [5.41, 5.74) is -0.612. The number of aliphatic hydroxyl groups excluding tert-OH is 4. The van der Waals surface area contributed by atoms with E-state index in [1.807, 2.05) is 0 Å². The van der Waals surface area contributed by atoms with Crippen molar-refractivity contribution in [2.75, 3.05) is 26.4 Å². The molecule has 8 heteroatoms. The van der Waals surface area contributed by atoms with Crippen molar-refractivity contribution in [1.82, 2.24) is 10.6 Å². The second-order valence-corrected chi connectivity index (χ2v) is 4.90. The third-order valence-electron chi connectivity index (χ3n) is 2.41. The molecular weight excluding hydrogens is 292 g/mol. The molecule has 0 spiro atoms. The van der Waals surface area contributed by atoms with Crippen molar-refractivity contribution in [3.63, 3.8) is 0 Å². The van der Waals surface area contributed by atoms with Gasteiger partial charge >= 0.3 is 0 Å². The van der Waals surface area contributed by atoms with E-state index in [1.54, 1.807) is 13.8 Å². The first-order valence-electron chi connectivity index (χ1n) is 6.54. The van der Waals surface area contributed by atoms with E-state index in [4.69, 9.17) is 20.4 Å². The maximum Gasteiger partial charge on any atom is 0.246 e. The molecule has 0 heterocycles. The Labute approximate surface area is 130 Å². The van der Waals surface area contributed by atoms with Gasteiger partial charge in [0, 0.05) is 12.1 Å². The molecule has 0 aromatic heterocycles. The normalized spacial score (nSPS) is 11.5. The van der Waals surface area contributed by atoms with Crippen LogP contribution in [-0.2, 0) is 9.59 Å². The minimum Gasteiger partial charge on any atom is -0.394 e. The van der Waals surface area contributed by atoms with Crippen LogP contribution in [0.3, 0.4) is 0 Å². The number of amides is 2. The largest absolute Gasteiger partial charge is 0.394 e. The highest BCUT2D eigenvalue weighted by Crippen LogP contribution is 2.02. The number of carbonyl (C=O) groups is 2. The summed E-state index contributed by atoms with van der Waals surface area (Å²) in [4.78, 5) is 21.5. The molecule has 8 nitrogen and oxygen atoms in total. The van der Waals surface area contributed by atoms with Crippen molar-refractivity contribution in [3.05, 3.63) is 24.8 Å². The van der Waals surface area contributed by atoms with Crippen LogP contribution in [0.5, 0.6) is 0 Å². The van der Waals surface area contributed by atoms with E-state index in [9.17, 15) is 9.59 Å². The number of hydrogen-bond donors (Lipinski definition) is 6. The van der Waals surface area contributed by atoms with Gasteiger partial charge in [-0.2, -0.15) is 0 Å². The molecule has 0 saturated heterocycles. The quantitative estimate of drug-likeness (QED) is 0.288. The van der Waals surface area contributed by atoms with Crippen LogP contribution in [0.2, 0.25) is 0 Å². The second-order valence-electron chi connectivity index (χ2n) is 4.90. The van der Waals surface area contributed by atoms with Gasteiger partial charge < -0.3 is 31.1 Å². The monoisotopic (exact) mass is 318 g/mol. The number of aliphatic hydroxyl groups is 4. The fourth-order valence-corrected chi connectivity index (χ4v) is 0.865. The molecule has 0 aliphatic rings. The maximum absolute atomic E-state index is 11.0. The van der Waals surface area contributed by atoms with E-state index < -0.39 is 11.6 Å². The molecule has 0 aliphatic heterocycles. The summed E-state index contributed by atoms with van der Waals surface area (Å²) in [6.45, 7) is 8.85. The van der Waals surface area contributed by atoms with Crippen LogP contribution in [0.4, 0.5) is 0 Å². The van der Waals surface area contributed by atoms with Crippen LogP contribution in [0.15, 0.2) is 24.8 Å². The fraction of sp³-hybridized carbons (Fsp3) is 0.571. The summed E-state index contributed by atoms with van der Waals surface area (Å²) >= 11 is 0. The highest BCUT2D eigenvalue weighted by atomic mass is 16.3. The summed E-state index contributed by atoms with van der Waals surface area (Å²) in [5.74, 6) is -0.715. The molecular formula is C14H26N2O6. The number of rotatable bonds is 8. The van der Waals surface area contributed by atoms with Crippen LogP contribution >= 0.6 is 0 Å². The predicted octanol–water partition coefficient (Wildman–Crippen LogP) is -1.94. The van der Waals surface area contributed by atoms with Gasteiger partial charge in [-0.1, -0.05) is 13.2 Å². The Bertz CT molecular complexity index is 380. The van der Waals surface area contributed by atoms with Gasteiger partial charge in [0.25, 0.3) is 0 Å². The molecule has 1 unspecified atom stereocenters. The van der Waals surface area contributed by atoms with Crippen molar-refractivity contribution in [2.45, 2.75) is 25.5 Å². The predicted molar refractivity (Wildman–Crippen MR) is 81.8 cm³/mol. The first-order valence-corrected chi connectivity index (χ1v) is 6.54. The first kappa shape index (κ1) is 22.5.